The number of phenols is 1. The lowest BCUT2D eigenvalue weighted by molar-refractivity contribution is 0.268. The number of piperidine rings is 1. The van der Waals surface area contributed by atoms with Crippen molar-refractivity contribution < 1.29 is 5.11 Å². The summed E-state index contributed by atoms with van der Waals surface area (Å²) < 4.78 is 0. The number of benzene rings is 1. The fourth-order valence-corrected chi connectivity index (χ4v) is 2.44. The van der Waals surface area contributed by atoms with Crippen molar-refractivity contribution in [3.05, 3.63) is 47.4 Å². The number of phenolic OH excluding ortho intramolecular Hbond substituents is 1. The summed E-state index contributed by atoms with van der Waals surface area (Å²) in [6.45, 7) is 1.58. The molecule has 0 unspecified atom stereocenters. The maximum atomic E-state index is 9.85. The Labute approximate surface area is 124 Å². The zero-order chi connectivity index (χ0) is 15.4. The van der Waals surface area contributed by atoms with E-state index in [9.17, 15) is 5.11 Å². The van der Waals surface area contributed by atoms with Crippen molar-refractivity contribution in [3.8, 4) is 5.75 Å². The van der Waals surface area contributed by atoms with E-state index in [-0.39, 0.29) is 17.6 Å². The van der Waals surface area contributed by atoms with E-state index in [1.807, 2.05) is 6.07 Å². The van der Waals surface area contributed by atoms with Crippen molar-refractivity contribution >= 4 is 5.70 Å². The minimum absolute atomic E-state index is 0.127. The second-order valence-electron chi connectivity index (χ2n) is 5.28. The lowest BCUT2D eigenvalue weighted by Gasteiger charge is -2.33. The Balaban J connectivity index is 2.26. The van der Waals surface area contributed by atoms with E-state index >= 15 is 0 Å². The van der Waals surface area contributed by atoms with Crippen LogP contribution in [0.15, 0.2) is 41.9 Å². The summed E-state index contributed by atoms with van der Waals surface area (Å²) in [5, 5.41) is 9.85. The molecule has 1 fully saturated rings. The monoisotopic (exact) mass is 289 g/mol. The molecule has 0 aromatic heterocycles. The van der Waals surface area contributed by atoms with Gasteiger partial charge in [-0.15, -0.1) is 0 Å². The van der Waals surface area contributed by atoms with Gasteiger partial charge in [0.1, 0.15) is 11.6 Å². The van der Waals surface area contributed by atoms with Gasteiger partial charge in [0.2, 0.25) is 0 Å². The molecule has 2 rings (SSSR count). The number of hydrogen-bond acceptors (Lipinski definition) is 6. The second-order valence-corrected chi connectivity index (χ2v) is 5.28. The van der Waals surface area contributed by atoms with Crippen LogP contribution in [0.1, 0.15) is 18.4 Å². The van der Waals surface area contributed by atoms with Gasteiger partial charge >= 0.3 is 0 Å². The van der Waals surface area contributed by atoms with Crippen LogP contribution >= 0.6 is 0 Å². The molecular weight excluding hydrogens is 266 g/mol. The minimum atomic E-state index is 0.127. The fourth-order valence-electron chi connectivity index (χ4n) is 2.44. The van der Waals surface area contributed by atoms with E-state index in [4.69, 9.17) is 22.9 Å². The van der Waals surface area contributed by atoms with Gasteiger partial charge in [0.25, 0.3) is 0 Å². The van der Waals surface area contributed by atoms with Crippen molar-refractivity contribution in [2.75, 3.05) is 13.1 Å². The van der Waals surface area contributed by atoms with E-state index in [0.717, 1.165) is 25.9 Å². The van der Waals surface area contributed by atoms with Crippen molar-refractivity contribution in [1.29, 1.82) is 0 Å². The summed E-state index contributed by atoms with van der Waals surface area (Å²) in [4.78, 5) is 2.07. The van der Waals surface area contributed by atoms with Crippen molar-refractivity contribution in [2.45, 2.75) is 18.9 Å². The summed E-state index contributed by atoms with van der Waals surface area (Å²) >= 11 is 0. The Morgan fingerprint density at radius 1 is 1.14 bits per heavy atom. The molecular formula is C15H23N5O. The van der Waals surface area contributed by atoms with Gasteiger partial charge in [-0.05, 0) is 31.1 Å². The predicted octanol–water partition coefficient (Wildman–Crippen LogP) is 0.201. The fraction of sp³-hybridized carbons (Fsp3) is 0.333. The van der Waals surface area contributed by atoms with Crippen molar-refractivity contribution in [1.82, 2.24) is 4.90 Å². The highest BCUT2D eigenvalue weighted by atomic mass is 16.3. The Morgan fingerprint density at radius 3 is 2.33 bits per heavy atom. The highest BCUT2D eigenvalue weighted by molar-refractivity contribution is 5.69. The molecule has 0 atom stereocenters. The van der Waals surface area contributed by atoms with Crippen LogP contribution in [0, 0.1) is 0 Å². The van der Waals surface area contributed by atoms with Gasteiger partial charge < -0.3 is 32.9 Å². The van der Waals surface area contributed by atoms with E-state index in [2.05, 4.69) is 4.90 Å². The van der Waals surface area contributed by atoms with Crippen LogP contribution in [0.5, 0.6) is 5.75 Å². The molecule has 1 aliphatic heterocycles. The first-order chi connectivity index (χ1) is 9.99. The largest absolute Gasteiger partial charge is 0.507 e. The molecule has 0 spiro atoms. The summed E-state index contributed by atoms with van der Waals surface area (Å²) in [5.74, 6) is 0.339. The summed E-state index contributed by atoms with van der Waals surface area (Å²) in [5.41, 5.74) is 25.2. The van der Waals surface area contributed by atoms with E-state index in [1.165, 1.54) is 0 Å². The quantitative estimate of drug-likeness (QED) is 0.506. The number of allylic oxidation sites excluding steroid dienone is 1. The summed E-state index contributed by atoms with van der Waals surface area (Å²) in [6, 6.07) is 7.11. The third-order valence-electron chi connectivity index (χ3n) is 3.68. The molecule has 114 valence electrons. The molecule has 0 radical (unpaired) electrons. The first kappa shape index (κ1) is 15.1. The number of likely N-dealkylation sites (tertiary alicyclic amines) is 1. The van der Waals surface area contributed by atoms with Crippen LogP contribution in [-0.4, -0.2) is 29.1 Å². The van der Waals surface area contributed by atoms with Gasteiger partial charge in [-0.1, -0.05) is 12.1 Å². The number of rotatable bonds is 3. The number of nitrogens with zero attached hydrogens (tertiary/aromatic N) is 1. The number of para-hydroxylation sites is 1. The minimum Gasteiger partial charge on any atom is -0.507 e. The SMILES string of the molecule is NC(N)=C(/C=C(\N)c1ccccc1O)N1CCC(N)CC1. The maximum Gasteiger partial charge on any atom is 0.124 e. The molecule has 9 N–H and O–H groups in total. The molecule has 6 heteroatoms. The van der Waals surface area contributed by atoms with Crippen molar-refractivity contribution in [3.63, 3.8) is 0 Å². The van der Waals surface area contributed by atoms with Crippen LogP contribution in [-0.2, 0) is 0 Å². The number of nitrogens with two attached hydrogens (primary N) is 4. The van der Waals surface area contributed by atoms with Gasteiger partial charge in [0.05, 0.1) is 5.70 Å². The molecule has 1 aliphatic rings. The third-order valence-corrected chi connectivity index (χ3v) is 3.68. The van der Waals surface area contributed by atoms with E-state index in [1.54, 1.807) is 24.3 Å². The molecule has 1 aromatic rings. The van der Waals surface area contributed by atoms with Gasteiger partial charge in [-0.3, -0.25) is 0 Å². The van der Waals surface area contributed by atoms with Gasteiger partial charge in [-0.2, -0.15) is 0 Å². The van der Waals surface area contributed by atoms with E-state index < -0.39 is 0 Å². The average Bonchev–Trinajstić information content (AvgIpc) is 2.46. The Kier molecular flexibility index (Phi) is 4.59. The topological polar surface area (TPSA) is 128 Å². The Morgan fingerprint density at radius 2 is 1.76 bits per heavy atom. The zero-order valence-electron chi connectivity index (χ0n) is 12.0. The Bertz CT molecular complexity index is 555. The van der Waals surface area contributed by atoms with Crippen molar-refractivity contribution in [2.24, 2.45) is 22.9 Å². The molecule has 1 heterocycles. The molecule has 0 amide bonds. The molecule has 21 heavy (non-hydrogen) atoms. The van der Waals surface area contributed by atoms with Gasteiger partial charge in [-0.25, -0.2) is 0 Å². The van der Waals surface area contributed by atoms with Crippen LogP contribution in [0.4, 0.5) is 0 Å². The molecule has 1 saturated heterocycles. The standard InChI is InChI=1S/C15H23N5O/c16-10-5-7-20(8-6-10)13(15(18)19)9-12(17)11-3-1-2-4-14(11)21/h1-4,9-10,21H,5-8,16-19H2/b12-9-. The van der Waals surface area contributed by atoms with Crippen LogP contribution in [0.25, 0.3) is 5.70 Å². The lowest BCUT2D eigenvalue weighted by atomic mass is 10.0. The maximum absolute atomic E-state index is 9.85. The Hall–Kier alpha value is -2.34. The van der Waals surface area contributed by atoms with E-state index in [0.29, 0.717) is 17.0 Å². The third kappa shape index (κ3) is 3.61. The van der Waals surface area contributed by atoms with Gasteiger partial charge in [0.15, 0.2) is 0 Å². The first-order valence-corrected chi connectivity index (χ1v) is 7.00. The lowest BCUT2D eigenvalue weighted by Crippen LogP contribution is -2.40. The average molecular weight is 289 g/mol. The number of aromatic hydroxyl groups is 1. The molecule has 1 aromatic carbocycles. The normalized spacial score (nSPS) is 16.8. The first-order valence-electron chi connectivity index (χ1n) is 7.00. The molecule has 0 aliphatic carbocycles. The summed E-state index contributed by atoms with van der Waals surface area (Å²) in [6.07, 6.45) is 3.49. The van der Waals surface area contributed by atoms with Crippen LogP contribution < -0.4 is 22.9 Å². The second kappa shape index (κ2) is 6.41. The zero-order valence-corrected chi connectivity index (χ0v) is 12.0. The highest BCUT2D eigenvalue weighted by Gasteiger charge is 2.19. The van der Waals surface area contributed by atoms with Crippen LogP contribution in [0.3, 0.4) is 0 Å². The highest BCUT2D eigenvalue weighted by Crippen LogP contribution is 2.24. The predicted molar refractivity (Wildman–Crippen MR) is 84.5 cm³/mol. The number of hydrogen-bond donors (Lipinski definition) is 5. The molecule has 6 nitrogen and oxygen atoms in total. The molecule has 0 saturated carbocycles. The smallest absolute Gasteiger partial charge is 0.124 e. The molecule has 0 bridgehead atoms. The summed E-state index contributed by atoms with van der Waals surface area (Å²) in [7, 11) is 0. The van der Waals surface area contributed by atoms with Gasteiger partial charge in [0, 0.05) is 30.4 Å². The van der Waals surface area contributed by atoms with Crippen LogP contribution in [0.2, 0.25) is 0 Å².